The maximum atomic E-state index is 8.92. The Morgan fingerprint density at radius 2 is 2.11 bits per heavy atom. The summed E-state index contributed by atoms with van der Waals surface area (Å²) in [7, 11) is 1.89. The highest BCUT2D eigenvalue weighted by molar-refractivity contribution is 5.76. The summed E-state index contributed by atoms with van der Waals surface area (Å²) in [4.78, 5) is 4.51. The van der Waals surface area contributed by atoms with Crippen LogP contribution in [0.2, 0.25) is 0 Å². The van der Waals surface area contributed by atoms with Gasteiger partial charge in [-0.15, -0.1) is 0 Å². The number of para-hydroxylation sites is 2. The van der Waals surface area contributed by atoms with Crippen LogP contribution in [0.25, 0.3) is 11.0 Å². The molecule has 2 heterocycles. The molecule has 94 valence electrons. The molecule has 0 unspecified atom stereocenters. The maximum absolute atomic E-state index is 8.92. The molecule has 0 amide bonds. The van der Waals surface area contributed by atoms with Gasteiger partial charge in [-0.1, -0.05) is 12.1 Å². The van der Waals surface area contributed by atoms with Gasteiger partial charge in [0.15, 0.2) is 0 Å². The monoisotopic (exact) mass is 251 g/mol. The molecule has 0 aliphatic heterocycles. The molecule has 0 fully saturated rings. The van der Waals surface area contributed by atoms with E-state index in [-0.39, 0.29) is 0 Å². The Kier molecular flexibility index (Phi) is 2.76. The molecular formula is C14H13N5. The lowest BCUT2D eigenvalue weighted by molar-refractivity contribution is 0.699. The van der Waals surface area contributed by atoms with Gasteiger partial charge in [-0.25, -0.2) is 4.98 Å². The van der Waals surface area contributed by atoms with Gasteiger partial charge in [0.2, 0.25) is 0 Å². The summed E-state index contributed by atoms with van der Waals surface area (Å²) in [6, 6.07) is 12.1. The fourth-order valence-electron chi connectivity index (χ4n) is 2.22. The predicted molar refractivity (Wildman–Crippen MR) is 71.4 cm³/mol. The molecule has 19 heavy (non-hydrogen) atoms. The van der Waals surface area contributed by atoms with Crippen molar-refractivity contribution in [2.75, 3.05) is 0 Å². The molecule has 0 aliphatic carbocycles. The highest BCUT2D eigenvalue weighted by Crippen LogP contribution is 2.17. The SMILES string of the molecule is Cn1ccc(Cn2c(CC#N)nc3ccccc32)n1. The summed E-state index contributed by atoms with van der Waals surface area (Å²) >= 11 is 0. The van der Waals surface area contributed by atoms with E-state index in [2.05, 4.69) is 20.7 Å². The molecule has 0 spiro atoms. The average Bonchev–Trinajstić information content (AvgIpc) is 2.96. The average molecular weight is 251 g/mol. The molecule has 5 nitrogen and oxygen atoms in total. The number of benzene rings is 1. The van der Waals surface area contributed by atoms with E-state index >= 15 is 0 Å². The van der Waals surface area contributed by atoms with Crippen LogP contribution in [-0.4, -0.2) is 19.3 Å². The fraction of sp³-hybridized carbons (Fsp3) is 0.214. The number of aryl methyl sites for hydroxylation is 1. The quantitative estimate of drug-likeness (QED) is 0.714. The van der Waals surface area contributed by atoms with Crippen molar-refractivity contribution in [3.63, 3.8) is 0 Å². The summed E-state index contributed by atoms with van der Waals surface area (Å²) in [6.07, 6.45) is 2.22. The minimum atomic E-state index is 0.307. The number of hydrogen-bond donors (Lipinski definition) is 0. The minimum absolute atomic E-state index is 0.307. The highest BCUT2D eigenvalue weighted by Gasteiger charge is 2.11. The van der Waals surface area contributed by atoms with Crippen molar-refractivity contribution in [1.82, 2.24) is 19.3 Å². The van der Waals surface area contributed by atoms with Crippen molar-refractivity contribution >= 4 is 11.0 Å². The van der Waals surface area contributed by atoms with Gasteiger partial charge >= 0.3 is 0 Å². The highest BCUT2D eigenvalue weighted by atomic mass is 15.3. The summed E-state index contributed by atoms with van der Waals surface area (Å²) in [5, 5.41) is 13.3. The van der Waals surface area contributed by atoms with E-state index in [4.69, 9.17) is 5.26 Å². The van der Waals surface area contributed by atoms with Gasteiger partial charge in [-0.2, -0.15) is 10.4 Å². The van der Waals surface area contributed by atoms with E-state index < -0.39 is 0 Å². The number of fused-ring (bicyclic) bond motifs is 1. The molecule has 3 rings (SSSR count). The zero-order valence-corrected chi connectivity index (χ0v) is 10.6. The first kappa shape index (κ1) is 11.5. The maximum Gasteiger partial charge on any atom is 0.124 e. The second kappa shape index (κ2) is 4.58. The van der Waals surface area contributed by atoms with E-state index in [1.54, 1.807) is 4.68 Å². The number of nitriles is 1. The predicted octanol–water partition coefficient (Wildman–Crippen LogP) is 1.88. The Labute approximate surface area is 110 Å². The Balaban J connectivity index is 2.09. The number of nitrogens with zero attached hydrogens (tertiary/aromatic N) is 5. The molecule has 0 aliphatic rings. The Bertz CT molecular complexity index is 760. The zero-order chi connectivity index (χ0) is 13.2. The molecule has 5 heteroatoms. The smallest absolute Gasteiger partial charge is 0.124 e. The lowest BCUT2D eigenvalue weighted by Gasteiger charge is -2.05. The van der Waals surface area contributed by atoms with E-state index in [1.807, 2.05) is 43.6 Å². The topological polar surface area (TPSA) is 59.4 Å². The van der Waals surface area contributed by atoms with E-state index in [1.165, 1.54) is 0 Å². The van der Waals surface area contributed by atoms with Crippen LogP contribution in [0.5, 0.6) is 0 Å². The van der Waals surface area contributed by atoms with Gasteiger partial charge in [0.05, 0.1) is 35.8 Å². The third kappa shape index (κ3) is 2.08. The number of hydrogen-bond acceptors (Lipinski definition) is 3. The van der Waals surface area contributed by atoms with Crippen LogP contribution in [0.4, 0.5) is 0 Å². The standard InChI is InChI=1S/C14H13N5/c1-18-9-7-11(17-18)10-19-13-5-3-2-4-12(13)16-14(19)6-8-15/h2-5,7,9H,6,10H2,1H3. The molecule has 0 atom stereocenters. The van der Waals surface area contributed by atoms with Crippen molar-refractivity contribution < 1.29 is 0 Å². The van der Waals surface area contributed by atoms with E-state index in [0.29, 0.717) is 13.0 Å². The summed E-state index contributed by atoms with van der Waals surface area (Å²) in [5.74, 6) is 0.786. The third-order valence-electron chi connectivity index (χ3n) is 3.06. The first-order chi connectivity index (χ1) is 9.28. The van der Waals surface area contributed by atoms with Gasteiger partial charge < -0.3 is 4.57 Å². The number of aromatic nitrogens is 4. The molecule has 0 N–H and O–H groups in total. The molecule has 3 aromatic rings. The van der Waals surface area contributed by atoms with Crippen LogP contribution in [-0.2, 0) is 20.0 Å². The molecule has 0 saturated carbocycles. The van der Waals surface area contributed by atoms with Crippen LogP contribution >= 0.6 is 0 Å². The number of imidazole rings is 1. The van der Waals surface area contributed by atoms with Crippen LogP contribution in [0, 0.1) is 11.3 Å². The lowest BCUT2D eigenvalue weighted by Crippen LogP contribution is -2.05. The van der Waals surface area contributed by atoms with E-state index in [0.717, 1.165) is 22.6 Å². The van der Waals surface area contributed by atoms with Crippen LogP contribution in [0.15, 0.2) is 36.5 Å². The lowest BCUT2D eigenvalue weighted by atomic mass is 10.3. The second-order valence-electron chi connectivity index (χ2n) is 4.42. The second-order valence-corrected chi connectivity index (χ2v) is 4.42. The molecule has 0 bridgehead atoms. The third-order valence-corrected chi connectivity index (χ3v) is 3.06. The number of rotatable bonds is 3. The van der Waals surface area contributed by atoms with Crippen molar-refractivity contribution in [3.8, 4) is 6.07 Å². The minimum Gasteiger partial charge on any atom is -0.321 e. The Morgan fingerprint density at radius 3 is 2.84 bits per heavy atom. The molecule has 0 radical (unpaired) electrons. The first-order valence-electron chi connectivity index (χ1n) is 6.07. The fourth-order valence-corrected chi connectivity index (χ4v) is 2.22. The van der Waals surface area contributed by atoms with Gasteiger partial charge in [0.1, 0.15) is 5.82 Å². The van der Waals surface area contributed by atoms with Gasteiger partial charge in [-0.3, -0.25) is 4.68 Å². The zero-order valence-electron chi connectivity index (χ0n) is 10.6. The van der Waals surface area contributed by atoms with Crippen LogP contribution < -0.4 is 0 Å². The molecule has 1 aromatic carbocycles. The summed E-state index contributed by atoms with van der Waals surface area (Å²) in [6.45, 7) is 0.637. The van der Waals surface area contributed by atoms with Crippen molar-refractivity contribution in [2.45, 2.75) is 13.0 Å². The van der Waals surface area contributed by atoms with Crippen LogP contribution in [0.3, 0.4) is 0 Å². The normalized spacial score (nSPS) is 10.7. The largest absolute Gasteiger partial charge is 0.321 e. The Hall–Kier alpha value is -2.61. The van der Waals surface area contributed by atoms with Gasteiger partial charge in [0.25, 0.3) is 0 Å². The van der Waals surface area contributed by atoms with Gasteiger partial charge in [-0.05, 0) is 18.2 Å². The molecule has 2 aromatic heterocycles. The van der Waals surface area contributed by atoms with Crippen molar-refractivity contribution in [2.24, 2.45) is 7.05 Å². The molecule has 0 saturated heterocycles. The van der Waals surface area contributed by atoms with Crippen molar-refractivity contribution in [3.05, 3.63) is 48.0 Å². The summed E-state index contributed by atoms with van der Waals surface area (Å²) in [5.41, 5.74) is 2.92. The van der Waals surface area contributed by atoms with E-state index in [9.17, 15) is 0 Å². The summed E-state index contributed by atoms with van der Waals surface area (Å²) < 4.78 is 3.83. The Morgan fingerprint density at radius 1 is 1.26 bits per heavy atom. The van der Waals surface area contributed by atoms with Gasteiger partial charge in [0, 0.05) is 13.2 Å². The van der Waals surface area contributed by atoms with Crippen molar-refractivity contribution in [1.29, 1.82) is 5.26 Å². The van der Waals surface area contributed by atoms with Crippen LogP contribution in [0.1, 0.15) is 11.5 Å². The molecular weight excluding hydrogens is 238 g/mol. The first-order valence-corrected chi connectivity index (χ1v) is 6.07.